The molecule has 7 aromatic carbocycles. The second kappa shape index (κ2) is 11.2. The van der Waals surface area contributed by atoms with Gasteiger partial charge < -0.3 is 4.42 Å². The Labute approximate surface area is 272 Å². The fraction of sp³-hybridized carbons (Fsp3) is 0. The van der Waals surface area contributed by atoms with Crippen LogP contribution in [-0.4, -0.2) is 9.97 Å². The van der Waals surface area contributed by atoms with Crippen molar-refractivity contribution in [3.8, 4) is 56.2 Å². The van der Waals surface area contributed by atoms with E-state index in [0.717, 1.165) is 55.6 Å². The number of hydrogen-bond acceptors (Lipinski definition) is 3. The van der Waals surface area contributed by atoms with E-state index < -0.39 is 0 Å². The van der Waals surface area contributed by atoms with E-state index in [0.29, 0.717) is 5.82 Å². The maximum atomic E-state index is 6.46. The Kier molecular flexibility index (Phi) is 6.46. The van der Waals surface area contributed by atoms with Crippen LogP contribution in [0, 0.1) is 0 Å². The molecule has 3 nitrogen and oxygen atoms in total. The molecule has 0 saturated heterocycles. The first-order valence-electron chi connectivity index (χ1n) is 15.8. The lowest BCUT2D eigenvalue weighted by molar-refractivity contribution is 0.669. The van der Waals surface area contributed by atoms with Crippen LogP contribution in [0.5, 0.6) is 0 Å². The predicted octanol–water partition coefficient (Wildman–Crippen LogP) is 11.9. The summed E-state index contributed by atoms with van der Waals surface area (Å²) in [6.07, 6.45) is 0. The van der Waals surface area contributed by atoms with Gasteiger partial charge in [0.25, 0.3) is 0 Å². The normalized spacial score (nSPS) is 11.4. The van der Waals surface area contributed by atoms with E-state index in [1.54, 1.807) is 0 Å². The molecule has 0 aliphatic carbocycles. The Bertz CT molecular complexity index is 2500. The summed E-state index contributed by atoms with van der Waals surface area (Å²) in [5.74, 6) is 0.692. The first-order chi connectivity index (χ1) is 23.3. The third-order valence-electron chi connectivity index (χ3n) is 8.92. The van der Waals surface area contributed by atoms with Crippen LogP contribution in [0.3, 0.4) is 0 Å². The summed E-state index contributed by atoms with van der Waals surface area (Å²) in [7, 11) is 0. The van der Waals surface area contributed by atoms with Gasteiger partial charge in [-0.1, -0.05) is 146 Å². The molecule has 0 atom stereocenters. The Morgan fingerprint density at radius 3 is 1.64 bits per heavy atom. The molecule has 2 aromatic heterocycles. The zero-order chi connectivity index (χ0) is 31.2. The van der Waals surface area contributed by atoms with Crippen molar-refractivity contribution in [2.24, 2.45) is 0 Å². The molecular weight excluding hydrogens is 572 g/mol. The number of benzene rings is 7. The highest BCUT2D eigenvalue weighted by atomic mass is 16.3. The zero-order valence-electron chi connectivity index (χ0n) is 25.5. The molecule has 3 heteroatoms. The monoisotopic (exact) mass is 600 g/mol. The van der Waals surface area contributed by atoms with E-state index in [9.17, 15) is 0 Å². The van der Waals surface area contributed by atoms with E-state index in [-0.39, 0.29) is 0 Å². The quantitative estimate of drug-likeness (QED) is 0.197. The highest BCUT2D eigenvalue weighted by Crippen LogP contribution is 2.41. The summed E-state index contributed by atoms with van der Waals surface area (Å²) in [6, 6.07) is 59.1. The van der Waals surface area contributed by atoms with Gasteiger partial charge in [-0.15, -0.1) is 0 Å². The van der Waals surface area contributed by atoms with Gasteiger partial charge in [0.15, 0.2) is 5.82 Å². The molecule has 0 unspecified atom stereocenters. The number of fused-ring (bicyclic) bond motifs is 4. The van der Waals surface area contributed by atoms with Gasteiger partial charge in [-0.3, -0.25) is 0 Å². The van der Waals surface area contributed by atoms with Gasteiger partial charge in [0.05, 0.1) is 11.4 Å². The van der Waals surface area contributed by atoms with Crippen molar-refractivity contribution < 1.29 is 4.42 Å². The van der Waals surface area contributed by atoms with Gasteiger partial charge in [0.2, 0.25) is 0 Å². The average molecular weight is 601 g/mol. The molecular formula is C44H28N2O. The highest BCUT2D eigenvalue weighted by Gasteiger charge is 2.18. The second-order valence-electron chi connectivity index (χ2n) is 11.8. The summed E-state index contributed by atoms with van der Waals surface area (Å²) < 4.78 is 6.46. The molecule has 220 valence electrons. The molecule has 0 fully saturated rings. The molecule has 0 spiro atoms. The lowest BCUT2D eigenvalue weighted by atomic mass is 9.91. The first-order valence-corrected chi connectivity index (χ1v) is 15.8. The van der Waals surface area contributed by atoms with Crippen LogP contribution in [0.25, 0.3) is 88.9 Å². The molecule has 0 radical (unpaired) electrons. The predicted molar refractivity (Wildman–Crippen MR) is 194 cm³/mol. The van der Waals surface area contributed by atoms with Gasteiger partial charge in [0, 0.05) is 27.5 Å². The van der Waals surface area contributed by atoms with Crippen LogP contribution in [0.4, 0.5) is 0 Å². The van der Waals surface area contributed by atoms with E-state index in [4.69, 9.17) is 14.4 Å². The third kappa shape index (κ3) is 4.77. The number of rotatable bonds is 5. The summed E-state index contributed by atoms with van der Waals surface area (Å²) >= 11 is 0. The molecule has 0 aliphatic rings. The van der Waals surface area contributed by atoms with Crippen molar-refractivity contribution in [3.05, 3.63) is 170 Å². The van der Waals surface area contributed by atoms with Crippen molar-refractivity contribution >= 4 is 32.7 Å². The van der Waals surface area contributed by atoms with Crippen molar-refractivity contribution in [1.29, 1.82) is 0 Å². The van der Waals surface area contributed by atoms with Crippen LogP contribution < -0.4 is 0 Å². The van der Waals surface area contributed by atoms with E-state index in [2.05, 4.69) is 121 Å². The number of furan rings is 1. The van der Waals surface area contributed by atoms with Crippen LogP contribution >= 0.6 is 0 Å². The molecule has 2 heterocycles. The number of hydrogen-bond donors (Lipinski definition) is 0. The first kappa shape index (κ1) is 27.0. The summed E-state index contributed by atoms with van der Waals surface area (Å²) in [5.41, 5.74) is 11.2. The number of nitrogens with zero attached hydrogens (tertiary/aromatic N) is 2. The van der Waals surface area contributed by atoms with Gasteiger partial charge >= 0.3 is 0 Å². The lowest BCUT2D eigenvalue weighted by Crippen LogP contribution is -1.96. The van der Waals surface area contributed by atoms with Crippen molar-refractivity contribution in [2.75, 3.05) is 0 Å². The third-order valence-corrected chi connectivity index (χ3v) is 8.92. The topological polar surface area (TPSA) is 38.9 Å². The molecule has 47 heavy (non-hydrogen) atoms. The summed E-state index contributed by atoms with van der Waals surface area (Å²) in [6.45, 7) is 0. The standard InChI is InChI=1S/C44H28N2O/c1-4-13-29(14-5-1)33-24-25-34(36-20-11-10-19-35(33)36)32-23-26-41-38(27-32)43-37(21-12-22-42(43)47-41)40-28-39(30-15-6-2-7-16-30)45-44(46-40)31-17-8-3-9-18-31/h1-28H. The van der Waals surface area contributed by atoms with Crippen LogP contribution in [-0.2, 0) is 0 Å². The maximum Gasteiger partial charge on any atom is 0.160 e. The summed E-state index contributed by atoms with van der Waals surface area (Å²) in [5, 5.41) is 4.56. The van der Waals surface area contributed by atoms with Crippen LogP contribution in [0.15, 0.2) is 174 Å². The van der Waals surface area contributed by atoms with E-state index in [1.807, 2.05) is 48.5 Å². The Hall–Kier alpha value is -6.32. The van der Waals surface area contributed by atoms with Crippen LogP contribution in [0.2, 0.25) is 0 Å². The molecule has 9 aromatic rings. The number of aromatic nitrogens is 2. The molecule has 0 aliphatic heterocycles. The Balaban J connectivity index is 1.25. The minimum atomic E-state index is 0.692. The van der Waals surface area contributed by atoms with E-state index in [1.165, 1.54) is 27.5 Å². The molecule has 0 saturated carbocycles. The van der Waals surface area contributed by atoms with Crippen molar-refractivity contribution in [1.82, 2.24) is 9.97 Å². The minimum Gasteiger partial charge on any atom is -0.456 e. The Morgan fingerprint density at radius 2 is 0.936 bits per heavy atom. The van der Waals surface area contributed by atoms with Crippen molar-refractivity contribution in [2.45, 2.75) is 0 Å². The zero-order valence-corrected chi connectivity index (χ0v) is 25.5. The molecule has 9 rings (SSSR count). The molecule has 0 N–H and O–H groups in total. The fourth-order valence-electron chi connectivity index (χ4n) is 6.69. The average Bonchev–Trinajstić information content (AvgIpc) is 3.53. The van der Waals surface area contributed by atoms with Gasteiger partial charge in [0.1, 0.15) is 11.2 Å². The van der Waals surface area contributed by atoms with Gasteiger partial charge in [-0.2, -0.15) is 0 Å². The summed E-state index contributed by atoms with van der Waals surface area (Å²) in [4.78, 5) is 10.1. The molecule has 0 amide bonds. The molecule has 0 bridgehead atoms. The maximum absolute atomic E-state index is 6.46. The van der Waals surface area contributed by atoms with E-state index >= 15 is 0 Å². The lowest BCUT2D eigenvalue weighted by Gasteiger charge is -2.12. The fourth-order valence-corrected chi connectivity index (χ4v) is 6.69. The van der Waals surface area contributed by atoms with Gasteiger partial charge in [-0.05, 0) is 57.3 Å². The smallest absolute Gasteiger partial charge is 0.160 e. The second-order valence-corrected chi connectivity index (χ2v) is 11.8. The minimum absolute atomic E-state index is 0.692. The van der Waals surface area contributed by atoms with Crippen molar-refractivity contribution in [3.63, 3.8) is 0 Å². The van der Waals surface area contributed by atoms with Crippen LogP contribution in [0.1, 0.15) is 0 Å². The largest absolute Gasteiger partial charge is 0.456 e. The Morgan fingerprint density at radius 1 is 0.340 bits per heavy atom. The SMILES string of the molecule is c1ccc(-c2cc(-c3cccc4oc5ccc(-c6ccc(-c7ccccc7)c7ccccc67)cc5c34)nc(-c3ccccc3)n2)cc1. The van der Waals surface area contributed by atoms with Gasteiger partial charge in [-0.25, -0.2) is 9.97 Å². The highest BCUT2D eigenvalue weighted by molar-refractivity contribution is 6.14.